The Kier molecular flexibility index (Phi) is 8.68. The second-order valence-electron chi connectivity index (χ2n) is 7.02. The van der Waals surface area contributed by atoms with Crippen LogP contribution in [0.15, 0.2) is 24.3 Å². The van der Waals surface area contributed by atoms with Gasteiger partial charge in [0.05, 0.1) is 0 Å². The molecule has 0 bridgehead atoms. The minimum Gasteiger partial charge on any atom is -0.351 e. The molecule has 0 heterocycles. The quantitative estimate of drug-likeness (QED) is 0.636. The number of hydrogen-bond donors (Lipinski definition) is 3. The first-order valence-corrected chi connectivity index (χ1v) is 9.31. The van der Waals surface area contributed by atoms with Crippen molar-refractivity contribution in [1.82, 2.24) is 15.5 Å². The second-order valence-corrected chi connectivity index (χ2v) is 7.43. The van der Waals surface area contributed by atoms with Crippen molar-refractivity contribution in [2.45, 2.75) is 34.6 Å². The number of thiocarbonyl (C=S) groups is 1. The molecule has 0 aliphatic rings. The Labute approximate surface area is 161 Å². The summed E-state index contributed by atoms with van der Waals surface area (Å²) in [6.45, 7) is 13.0. The molecule has 0 aromatic heterocycles. The highest BCUT2D eigenvalue weighted by Gasteiger charge is 2.21. The Hall–Kier alpha value is -1.99. The van der Waals surface area contributed by atoms with E-state index in [1.54, 1.807) is 24.3 Å². The molecular formula is C19H30N4O2S. The van der Waals surface area contributed by atoms with E-state index in [1.807, 2.05) is 20.8 Å². The van der Waals surface area contributed by atoms with Crippen LogP contribution >= 0.6 is 12.2 Å². The number of carbonyl (C=O) groups excluding carboxylic acids is 2. The molecule has 3 N–H and O–H groups in total. The number of carbonyl (C=O) groups is 2. The maximum absolute atomic E-state index is 12.2. The molecule has 1 aromatic rings. The zero-order valence-electron chi connectivity index (χ0n) is 16.3. The van der Waals surface area contributed by atoms with E-state index in [9.17, 15) is 9.59 Å². The highest BCUT2D eigenvalue weighted by Crippen LogP contribution is 2.13. The standard InChI is InChI=1S/C19H30N4O2S/c1-6-23(7-2)13-12-20-16(24)14-8-10-15(11-9-14)21-18(26)22-17(25)19(3,4)5/h8-11H,6-7,12-13H2,1-5H3,(H,20,24)(H2,21,22,25,26). The van der Waals surface area contributed by atoms with Gasteiger partial charge in [0.2, 0.25) is 5.91 Å². The summed E-state index contributed by atoms with van der Waals surface area (Å²) in [6, 6.07) is 6.97. The number of likely N-dealkylation sites (N-methyl/N-ethyl adjacent to an activating group) is 1. The molecule has 6 nitrogen and oxygen atoms in total. The van der Waals surface area contributed by atoms with Gasteiger partial charge in [-0.2, -0.15) is 0 Å². The molecule has 1 aromatic carbocycles. The minimum atomic E-state index is -0.515. The van der Waals surface area contributed by atoms with Crippen molar-refractivity contribution in [3.05, 3.63) is 29.8 Å². The van der Waals surface area contributed by atoms with Crippen LogP contribution in [-0.2, 0) is 4.79 Å². The Balaban J connectivity index is 2.51. The number of anilines is 1. The smallest absolute Gasteiger partial charge is 0.251 e. The van der Waals surface area contributed by atoms with Gasteiger partial charge in [0.1, 0.15) is 0 Å². The molecule has 7 heteroatoms. The fourth-order valence-electron chi connectivity index (χ4n) is 2.13. The maximum atomic E-state index is 12.2. The van der Waals surface area contributed by atoms with Crippen LogP contribution in [0, 0.1) is 5.41 Å². The van der Waals surface area contributed by atoms with Crippen LogP contribution in [0.2, 0.25) is 0 Å². The Morgan fingerprint density at radius 1 is 1.08 bits per heavy atom. The molecule has 2 amide bonds. The van der Waals surface area contributed by atoms with Crippen LogP contribution < -0.4 is 16.0 Å². The molecule has 1 rings (SSSR count). The van der Waals surface area contributed by atoms with Crippen molar-refractivity contribution in [2.75, 3.05) is 31.5 Å². The molecular weight excluding hydrogens is 348 g/mol. The van der Waals surface area contributed by atoms with Gasteiger partial charge < -0.3 is 20.9 Å². The first kappa shape index (κ1) is 22.1. The number of amides is 2. The minimum absolute atomic E-state index is 0.104. The summed E-state index contributed by atoms with van der Waals surface area (Å²) >= 11 is 5.14. The lowest BCUT2D eigenvalue weighted by Gasteiger charge is -2.19. The van der Waals surface area contributed by atoms with Crippen molar-refractivity contribution in [3.8, 4) is 0 Å². The number of nitrogens with zero attached hydrogens (tertiary/aromatic N) is 1. The Morgan fingerprint density at radius 3 is 2.15 bits per heavy atom. The van der Waals surface area contributed by atoms with Crippen molar-refractivity contribution >= 4 is 34.8 Å². The predicted molar refractivity (Wildman–Crippen MR) is 110 cm³/mol. The molecule has 0 atom stereocenters. The third kappa shape index (κ3) is 7.49. The lowest BCUT2D eigenvalue weighted by molar-refractivity contribution is -0.126. The van der Waals surface area contributed by atoms with Crippen molar-refractivity contribution in [1.29, 1.82) is 0 Å². The predicted octanol–water partition coefficient (Wildman–Crippen LogP) is 2.62. The number of benzene rings is 1. The van der Waals surface area contributed by atoms with Crippen molar-refractivity contribution in [2.24, 2.45) is 5.41 Å². The average Bonchev–Trinajstić information content (AvgIpc) is 2.58. The molecule has 0 unspecified atom stereocenters. The first-order valence-electron chi connectivity index (χ1n) is 8.90. The molecule has 0 radical (unpaired) electrons. The first-order chi connectivity index (χ1) is 12.2. The fourth-order valence-corrected chi connectivity index (χ4v) is 2.34. The third-order valence-corrected chi connectivity index (χ3v) is 4.13. The van der Waals surface area contributed by atoms with Crippen LogP contribution in [0.5, 0.6) is 0 Å². The number of rotatable bonds is 7. The summed E-state index contributed by atoms with van der Waals surface area (Å²) in [6.07, 6.45) is 0. The lowest BCUT2D eigenvalue weighted by atomic mass is 9.96. The molecule has 26 heavy (non-hydrogen) atoms. The molecule has 0 fully saturated rings. The zero-order chi connectivity index (χ0) is 19.7. The fraction of sp³-hybridized carbons (Fsp3) is 0.526. The average molecular weight is 379 g/mol. The monoisotopic (exact) mass is 378 g/mol. The van der Waals surface area contributed by atoms with Gasteiger partial charge in [-0.05, 0) is 49.6 Å². The molecule has 0 aliphatic heterocycles. The summed E-state index contributed by atoms with van der Waals surface area (Å²) in [4.78, 5) is 26.3. The van der Waals surface area contributed by atoms with Crippen LogP contribution in [-0.4, -0.2) is 48.0 Å². The highest BCUT2D eigenvalue weighted by atomic mass is 32.1. The lowest BCUT2D eigenvalue weighted by Crippen LogP contribution is -2.41. The second kappa shape index (κ2) is 10.2. The van der Waals surface area contributed by atoms with E-state index in [2.05, 4.69) is 34.7 Å². The van der Waals surface area contributed by atoms with Gasteiger partial charge in [-0.15, -0.1) is 0 Å². The molecule has 144 valence electrons. The normalized spacial score (nSPS) is 11.2. The van der Waals surface area contributed by atoms with Crippen LogP contribution in [0.1, 0.15) is 45.0 Å². The van der Waals surface area contributed by atoms with E-state index >= 15 is 0 Å². The van der Waals surface area contributed by atoms with E-state index in [0.29, 0.717) is 17.8 Å². The highest BCUT2D eigenvalue weighted by molar-refractivity contribution is 7.80. The van der Waals surface area contributed by atoms with Gasteiger partial charge in [-0.25, -0.2) is 0 Å². The van der Waals surface area contributed by atoms with Gasteiger partial charge in [-0.3, -0.25) is 9.59 Å². The van der Waals surface area contributed by atoms with E-state index in [4.69, 9.17) is 12.2 Å². The summed E-state index contributed by atoms with van der Waals surface area (Å²) in [5, 5.41) is 8.75. The van der Waals surface area contributed by atoms with Crippen LogP contribution in [0.3, 0.4) is 0 Å². The van der Waals surface area contributed by atoms with Crippen LogP contribution in [0.4, 0.5) is 5.69 Å². The van der Waals surface area contributed by atoms with Gasteiger partial charge in [0, 0.05) is 29.8 Å². The third-order valence-electron chi connectivity index (χ3n) is 3.92. The summed E-state index contributed by atoms with van der Waals surface area (Å²) in [7, 11) is 0. The van der Waals surface area contributed by atoms with Crippen molar-refractivity contribution < 1.29 is 9.59 Å². The number of hydrogen-bond acceptors (Lipinski definition) is 4. The summed E-state index contributed by atoms with van der Waals surface area (Å²) in [5.74, 6) is -0.258. The SMILES string of the molecule is CCN(CC)CCNC(=O)c1ccc(NC(=S)NC(=O)C(C)(C)C)cc1. The van der Waals surface area contributed by atoms with Crippen LogP contribution in [0.25, 0.3) is 0 Å². The molecule has 0 saturated carbocycles. The van der Waals surface area contributed by atoms with E-state index < -0.39 is 5.41 Å². The number of nitrogens with one attached hydrogen (secondary N) is 3. The van der Waals surface area contributed by atoms with Crippen molar-refractivity contribution in [3.63, 3.8) is 0 Å². The Morgan fingerprint density at radius 2 is 1.65 bits per heavy atom. The van der Waals surface area contributed by atoms with Gasteiger partial charge >= 0.3 is 0 Å². The summed E-state index contributed by atoms with van der Waals surface area (Å²) < 4.78 is 0. The molecule has 0 saturated heterocycles. The van der Waals surface area contributed by atoms with E-state index in [1.165, 1.54) is 0 Å². The topological polar surface area (TPSA) is 73.5 Å². The molecule has 0 spiro atoms. The van der Waals surface area contributed by atoms with Gasteiger partial charge in [0.15, 0.2) is 5.11 Å². The maximum Gasteiger partial charge on any atom is 0.251 e. The molecule has 0 aliphatic carbocycles. The van der Waals surface area contributed by atoms with E-state index in [0.717, 1.165) is 19.6 Å². The van der Waals surface area contributed by atoms with Gasteiger partial charge in [-0.1, -0.05) is 34.6 Å². The Bertz CT molecular complexity index is 619. The summed E-state index contributed by atoms with van der Waals surface area (Å²) in [5.41, 5.74) is 0.780. The van der Waals surface area contributed by atoms with Gasteiger partial charge in [0.25, 0.3) is 5.91 Å². The van der Waals surface area contributed by atoms with E-state index in [-0.39, 0.29) is 16.9 Å². The largest absolute Gasteiger partial charge is 0.351 e. The zero-order valence-corrected chi connectivity index (χ0v) is 17.1.